The second kappa shape index (κ2) is 6.11. The molecule has 0 N–H and O–H groups in total. The molecule has 1 amide bonds. The Morgan fingerprint density at radius 2 is 1.81 bits per heavy atom. The van der Waals surface area contributed by atoms with Crippen LogP contribution in [0.2, 0.25) is 0 Å². The van der Waals surface area contributed by atoms with E-state index >= 15 is 0 Å². The Morgan fingerprint density at radius 1 is 1.04 bits per heavy atom. The summed E-state index contributed by atoms with van der Waals surface area (Å²) in [7, 11) is 1.76. The van der Waals surface area contributed by atoms with E-state index in [4.69, 9.17) is 4.42 Å². The highest BCUT2D eigenvalue weighted by molar-refractivity contribution is 7.21. The van der Waals surface area contributed by atoms with Crippen LogP contribution < -0.4 is 10.5 Å². The van der Waals surface area contributed by atoms with E-state index in [2.05, 4.69) is 0 Å². The summed E-state index contributed by atoms with van der Waals surface area (Å²) in [6.07, 6.45) is 0. The van der Waals surface area contributed by atoms with Crippen LogP contribution in [-0.4, -0.2) is 13.0 Å². The van der Waals surface area contributed by atoms with Gasteiger partial charge in [-0.25, -0.2) is 4.79 Å². The van der Waals surface area contributed by atoms with E-state index in [9.17, 15) is 9.59 Å². The maximum Gasteiger partial charge on any atom is 0.345 e. The van der Waals surface area contributed by atoms with Gasteiger partial charge in [-0.05, 0) is 49.2 Å². The number of benzene rings is 2. The Balaban J connectivity index is 1.85. The SMILES string of the molecule is Cc1ccc(C)c(N(C)C(=O)c2cc3c(=O)oc4ccccc4c3s2)c1. The molecular formula is C21H17NO3S. The topological polar surface area (TPSA) is 50.5 Å². The minimum atomic E-state index is -0.414. The molecule has 0 aliphatic rings. The minimum Gasteiger partial charge on any atom is -0.422 e. The molecule has 26 heavy (non-hydrogen) atoms. The first-order valence-corrected chi connectivity index (χ1v) is 9.08. The summed E-state index contributed by atoms with van der Waals surface area (Å²) < 4.78 is 6.16. The number of amides is 1. The van der Waals surface area contributed by atoms with Crippen LogP contribution in [0.25, 0.3) is 21.1 Å². The zero-order chi connectivity index (χ0) is 18.4. The number of nitrogens with zero attached hydrogens (tertiary/aromatic N) is 1. The number of rotatable bonds is 2. The van der Waals surface area contributed by atoms with E-state index in [0.29, 0.717) is 15.8 Å². The lowest BCUT2D eigenvalue weighted by atomic mass is 10.1. The molecule has 0 aliphatic carbocycles. The number of hydrogen-bond donors (Lipinski definition) is 0. The zero-order valence-corrected chi connectivity index (χ0v) is 15.5. The van der Waals surface area contributed by atoms with Crippen LogP contribution in [0.15, 0.2) is 57.7 Å². The van der Waals surface area contributed by atoms with Gasteiger partial charge in [0.05, 0.1) is 15.0 Å². The number of anilines is 1. The van der Waals surface area contributed by atoms with Gasteiger partial charge < -0.3 is 9.32 Å². The lowest BCUT2D eigenvalue weighted by molar-refractivity contribution is 0.0997. The van der Waals surface area contributed by atoms with Gasteiger partial charge in [0.1, 0.15) is 5.58 Å². The summed E-state index contributed by atoms with van der Waals surface area (Å²) in [5.74, 6) is -0.136. The number of hydrogen-bond acceptors (Lipinski definition) is 4. The Kier molecular flexibility index (Phi) is 3.89. The number of fused-ring (bicyclic) bond motifs is 3. The Bertz CT molecular complexity index is 1220. The highest BCUT2D eigenvalue weighted by Crippen LogP contribution is 2.32. The maximum absolute atomic E-state index is 13.0. The lowest BCUT2D eigenvalue weighted by Crippen LogP contribution is -2.26. The summed E-state index contributed by atoms with van der Waals surface area (Å²) in [5.41, 5.74) is 3.10. The van der Waals surface area contributed by atoms with E-state index in [-0.39, 0.29) is 5.91 Å². The first-order chi connectivity index (χ1) is 12.5. The predicted molar refractivity (Wildman–Crippen MR) is 107 cm³/mol. The molecule has 0 fully saturated rings. The first-order valence-electron chi connectivity index (χ1n) is 8.26. The maximum atomic E-state index is 13.0. The van der Waals surface area contributed by atoms with Crippen LogP contribution in [0.1, 0.15) is 20.8 Å². The van der Waals surface area contributed by atoms with Crippen LogP contribution in [0.5, 0.6) is 0 Å². The molecule has 4 aromatic rings. The van der Waals surface area contributed by atoms with Gasteiger partial charge in [-0.2, -0.15) is 0 Å². The molecule has 130 valence electrons. The fraction of sp³-hybridized carbons (Fsp3) is 0.143. The minimum absolute atomic E-state index is 0.136. The molecule has 0 radical (unpaired) electrons. The summed E-state index contributed by atoms with van der Waals surface area (Å²) in [6, 6.07) is 15.0. The molecule has 4 nitrogen and oxygen atoms in total. The van der Waals surface area contributed by atoms with E-state index < -0.39 is 5.63 Å². The average Bonchev–Trinajstić information content (AvgIpc) is 3.09. The molecule has 0 saturated carbocycles. The third-order valence-corrected chi connectivity index (χ3v) is 5.68. The third-order valence-electron chi connectivity index (χ3n) is 4.53. The van der Waals surface area contributed by atoms with Crippen molar-refractivity contribution in [2.75, 3.05) is 11.9 Å². The molecule has 0 bridgehead atoms. The van der Waals surface area contributed by atoms with Crippen LogP contribution in [0, 0.1) is 13.8 Å². The second-order valence-electron chi connectivity index (χ2n) is 6.39. The van der Waals surface area contributed by atoms with Gasteiger partial charge in [0, 0.05) is 18.1 Å². The molecule has 5 heteroatoms. The number of carbonyl (C=O) groups is 1. The van der Waals surface area contributed by atoms with E-state index in [1.807, 2.05) is 50.2 Å². The molecule has 2 aromatic carbocycles. The quantitative estimate of drug-likeness (QED) is 0.476. The van der Waals surface area contributed by atoms with Crippen LogP contribution >= 0.6 is 11.3 Å². The molecule has 2 aromatic heterocycles. The zero-order valence-electron chi connectivity index (χ0n) is 14.7. The summed E-state index contributed by atoms with van der Waals surface area (Å²) in [5, 5.41) is 1.30. The van der Waals surface area contributed by atoms with Crippen molar-refractivity contribution in [1.29, 1.82) is 0 Å². The summed E-state index contributed by atoms with van der Waals surface area (Å²) in [4.78, 5) is 27.5. The van der Waals surface area contributed by atoms with E-state index in [0.717, 1.165) is 26.9 Å². The highest BCUT2D eigenvalue weighted by atomic mass is 32.1. The number of carbonyl (C=O) groups excluding carboxylic acids is 1. The van der Waals surface area contributed by atoms with Gasteiger partial charge in [0.25, 0.3) is 5.91 Å². The fourth-order valence-corrected chi connectivity index (χ4v) is 4.25. The molecule has 0 aliphatic heterocycles. The molecule has 2 heterocycles. The Labute approximate surface area is 154 Å². The normalized spacial score (nSPS) is 11.2. The van der Waals surface area contributed by atoms with Crippen LogP contribution in [-0.2, 0) is 0 Å². The van der Waals surface area contributed by atoms with E-state index in [1.54, 1.807) is 24.1 Å². The third kappa shape index (κ3) is 2.61. The van der Waals surface area contributed by atoms with Crippen molar-refractivity contribution in [3.05, 3.63) is 75.0 Å². The summed E-state index contributed by atoms with van der Waals surface area (Å²) in [6.45, 7) is 3.98. The molecule has 0 spiro atoms. The smallest absolute Gasteiger partial charge is 0.345 e. The van der Waals surface area contributed by atoms with Crippen LogP contribution in [0.4, 0.5) is 5.69 Å². The van der Waals surface area contributed by atoms with Gasteiger partial charge in [-0.3, -0.25) is 4.79 Å². The van der Waals surface area contributed by atoms with Crippen molar-refractivity contribution >= 4 is 44.0 Å². The monoisotopic (exact) mass is 363 g/mol. The van der Waals surface area contributed by atoms with Crippen molar-refractivity contribution in [3.63, 3.8) is 0 Å². The van der Waals surface area contributed by atoms with Crippen LogP contribution in [0.3, 0.4) is 0 Å². The van der Waals surface area contributed by atoms with Gasteiger partial charge in [0.2, 0.25) is 0 Å². The van der Waals surface area contributed by atoms with Crippen molar-refractivity contribution in [2.45, 2.75) is 13.8 Å². The summed E-state index contributed by atoms with van der Waals surface area (Å²) >= 11 is 1.33. The lowest BCUT2D eigenvalue weighted by Gasteiger charge is -2.19. The molecule has 0 atom stereocenters. The standard InChI is InChI=1S/C21H17NO3S/c1-12-8-9-13(2)16(10-12)22(3)20(23)18-11-15-19(26-18)14-6-4-5-7-17(14)25-21(15)24/h4-11H,1-3H3. The van der Waals surface area contributed by atoms with E-state index in [1.165, 1.54) is 11.3 Å². The molecule has 0 unspecified atom stereocenters. The van der Waals surface area contributed by atoms with Crippen molar-refractivity contribution in [3.8, 4) is 0 Å². The van der Waals surface area contributed by atoms with Crippen molar-refractivity contribution < 1.29 is 9.21 Å². The average molecular weight is 363 g/mol. The number of aryl methyl sites for hydroxylation is 2. The first kappa shape index (κ1) is 16.5. The molecule has 4 rings (SSSR count). The highest BCUT2D eigenvalue weighted by Gasteiger charge is 2.20. The largest absolute Gasteiger partial charge is 0.422 e. The van der Waals surface area contributed by atoms with Gasteiger partial charge in [-0.1, -0.05) is 24.3 Å². The van der Waals surface area contributed by atoms with Crippen molar-refractivity contribution in [1.82, 2.24) is 0 Å². The fourth-order valence-electron chi connectivity index (χ4n) is 3.10. The van der Waals surface area contributed by atoms with Crippen molar-refractivity contribution in [2.24, 2.45) is 0 Å². The Hall–Kier alpha value is -2.92. The molecular weight excluding hydrogens is 346 g/mol. The van der Waals surface area contributed by atoms with Gasteiger partial charge in [0.15, 0.2) is 0 Å². The predicted octanol–water partition coefficient (Wildman–Crippen LogP) is 4.90. The number of thiophene rings is 1. The Morgan fingerprint density at radius 3 is 2.62 bits per heavy atom. The molecule has 0 saturated heterocycles. The van der Waals surface area contributed by atoms with Gasteiger partial charge >= 0.3 is 5.63 Å². The second-order valence-corrected chi connectivity index (χ2v) is 7.45. The number of para-hydroxylation sites is 1. The van der Waals surface area contributed by atoms with Gasteiger partial charge in [-0.15, -0.1) is 11.3 Å².